The van der Waals surface area contributed by atoms with Gasteiger partial charge in [-0.15, -0.1) is 0 Å². The number of aromatic nitrogens is 1. The van der Waals surface area contributed by atoms with E-state index in [0.717, 1.165) is 0 Å². The van der Waals surface area contributed by atoms with Gasteiger partial charge in [-0.05, 0) is 18.6 Å². The van der Waals surface area contributed by atoms with Crippen molar-refractivity contribution in [2.24, 2.45) is 0 Å². The quantitative estimate of drug-likeness (QED) is 0.922. The van der Waals surface area contributed by atoms with Crippen LogP contribution in [0.1, 0.15) is 29.2 Å². The molecule has 1 heterocycles. The molecule has 0 radical (unpaired) electrons. The van der Waals surface area contributed by atoms with Crippen LogP contribution in [0.5, 0.6) is 0 Å². The van der Waals surface area contributed by atoms with Crippen LogP contribution in [-0.4, -0.2) is 16.2 Å². The predicted molar refractivity (Wildman–Crippen MR) is 63.4 cm³/mol. The summed E-state index contributed by atoms with van der Waals surface area (Å²) in [6, 6.07) is 5.90. The minimum absolute atomic E-state index is 0.274. The summed E-state index contributed by atoms with van der Waals surface area (Å²) >= 11 is 6.00. The molecule has 0 aliphatic carbocycles. The van der Waals surface area contributed by atoms with Crippen LogP contribution in [0.2, 0.25) is 5.02 Å². The molecule has 2 aromatic rings. The highest BCUT2D eigenvalue weighted by molar-refractivity contribution is 6.33. The van der Waals surface area contributed by atoms with Crippen molar-refractivity contribution < 1.29 is 18.8 Å². The maximum atomic E-state index is 13.1. The molecule has 6 heteroatoms. The first kappa shape index (κ1) is 12.6. The molecule has 0 saturated carbocycles. The Morgan fingerprint density at radius 2 is 2.22 bits per heavy atom. The lowest BCUT2D eigenvalue weighted by atomic mass is 10.1. The Hall–Kier alpha value is -1.88. The highest BCUT2D eigenvalue weighted by Gasteiger charge is 2.15. The molecule has 0 amide bonds. The van der Waals surface area contributed by atoms with E-state index < -0.39 is 12.1 Å². The Morgan fingerprint density at radius 3 is 2.72 bits per heavy atom. The van der Waals surface area contributed by atoms with E-state index in [0.29, 0.717) is 21.8 Å². The molecule has 1 aromatic carbocycles. The zero-order valence-corrected chi connectivity index (χ0v) is 10.1. The fraction of sp³-hybridized carbons (Fsp3) is 0.167. The average Bonchev–Trinajstić information content (AvgIpc) is 2.78. The van der Waals surface area contributed by atoms with E-state index in [4.69, 9.17) is 16.7 Å². The van der Waals surface area contributed by atoms with Gasteiger partial charge >= 0.3 is 5.97 Å². The van der Waals surface area contributed by atoms with Gasteiger partial charge < -0.3 is 9.63 Å². The number of hydrogen-bond donors (Lipinski definition) is 1. The van der Waals surface area contributed by atoms with Crippen molar-refractivity contribution >= 4 is 17.6 Å². The summed E-state index contributed by atoms with van der Waals surface area (Å²) in [6.45, 7) is 1.41. The summed E-state index contributed by atoms with van der Waals surface area (Å²) in [5, 5.41) is 12.6. The first-order valence-electron chi connectivity index (χ1n) is 5.13. The van der Waals surface area contributed by atoms with Crippen LogP contribution in [0.4, 0.5) is 4.39 Å². The number of hydrogen-bond acceptors (Lipinski definition) is 3. The number of carboxylic acids is 1. The molecule has 18 heavy (non-hydrogen) atoms. The Bertz CT molecular complexity index is 595. The molecule has 0 aliphatic heterocycles. The summed E-state index contributed by atoms with van der Waals surface area (Å²) in [4.78, 5) is 10.7. The molecule has 4 nitrogen and oxygen atoms in total. The number of aromatic carboxylic acids is 1. The lowest BCUT2D eigenvalue weighted by Gasteiger charge is -2.05. The molecule has 2 rings (SSSR count). The smallest absolute Gasteiger partial charge is 0.374 e. The molecule has 1 aromatic heterocycles. The van der Waals surface area contributed by atoms with Crippen LogP contribution in [0, 0.1) is 0 Å². The monoisotopic (exact) mass is 269 g/mol. The number of halogens is 2. The second kappa shape index (κ2) is 4.78. The van der Waals surface area contributed by atoms with Gasteiger partial charge in [0, 0.05) is 11.6 Å². The van der Waals surface area contributed by atoms with E-state index in [-0.39, 0.29) is 5.76 Å². The van der Waals surface area contributed by atoms with Crippen LogP contribution < -0.4 is 0 Å². The van der Waals surface area contributed by atoms with Gasteiger partial charge in [-0.25, -0.2) is 9.18 Å². The third-order valence-corrected chi connectivity index (χ3v) is 2.76. The van der Waals surface area contributed by atoms with Gasteiger partial charge in [0.15, 0.2) is 0 Å². The zero-order valence-electron chi connectivity index (χ0n) is 9.35. The second-order valence-corrected chi connectivity index (χ2v) is 4.14. The third-order valence-electron chi connectivity index (χ3n) is 2.45. The highest BCUT2D eigenvalue weighted by Crippen LogP contribution is 2.30. The van der Waals surface area contributed by atoms with Crippen molar-refractivity contribution in [1.82, 2.24) is 5.16 Å². The molecular weight excluding hydrogens is 261 g/mol. The number of carbonyl (C=O) groups is 1. The van der Waals surface area contributed by atoms with Crippen molar-refractivity contribution in [3.05, 3.63) is 40.6 Å². The van der Waals surface area contributed by atoms with E-state index in [9.17, 15) is 9.18 Å². The molecule has 0 fully saturated rings. The average molecular weight is 270 g/mol. The standard InChI is InChI=1S/C12H9ClFNO3/c1-6(14)7-2-3-8(9(13)4-7)10-5-11(12(16)17)18-15-10/h2-6H,1H3,(H,16,17). The predicted octanol–water partition coefficient (Wildman–Crippen LogP) is 3.72. The summed E-state index contributed by atoms with van der Waals surface area (Å²) in [7, 11) is 0. The summed E-state index contributed by atoms with van der Waals surface area (Å²) in [5.41, 5.74) is 1.25. The fourth-order valence-electron chi connectivity index (χ4n) is 1.49. The molecule has 1 atom stereocenters. The molecule has 0 bridgehead atoms. The molecule has 0 aliphatic rings. The second-order valence-electron chi connectivity index (χ2n) is 3.74. The Morgan fingerprint density at radius 1 is 1.50 bits per heavy atom. The number of benzene rings is 1. The minimum Gasteiger partial charge on any atom is -0.475 e. The number of rotatable bonds is 3. The number of carboxylic acid groups (broad SMARTS) is 1. The van der Waals surface area contributed by atoms with Gasteiger partial charge in [-0.3, -0.25) is 0 Å². The normalized spacial score (nSPS) is 12.4. The maximum absolute atomic E-state index is 13.1. The zero-order chi connectivity index (χ0) is 13.3. The molecule has 0 saturated heterocycles. The Balaban J connectivity index is 2.41. The third kappa shape index (κ3) is 2.36. The first-order chi connectivity index (χ1) is 8.49. The van der Waals surface area contributed by atoms with E-state index in [2.05, 4.69) is 9.68 Å². The van der Waals surface area contributed by atoms with Crippen molar-refractivity contribution in [3.63, 3.8) is 0 Å². The number of alkyl halides is 1. The molecule has 94 valence electrons. The highest BCUT2D eigenvalue weighted by atomic mass is 35.5. The SMILES string of the molecule is CC(F)c1ccc(-c2cc(C(=O)O)on2)c(Cl)c1. The van der Waals surface area contributed by atoms with Crippen LogP contribution in [-0.2, 0) is 0 Å². The molecule has 0 spiro atoms. The lowest BCUT2D eigenvalue weighted by Crippen LogP contribution is -1.91. The molecular formula is C12H9ClFNO3. The fourth-order valence-corrected chi connectivity index (χ4v) is 1.78. The van der Waals surface area contributed by atoms with Crippen molar-refractivity contribution in [2.45, 2.75) is 13.1 Å². The maximum Gasteiger partial charge on any atom is 0.374 e. The first-order valence-corrected chi connectivity index (χ1v) is 5.50. The Labute approximate surface area is 107 Å². The minimum atomic E-state index is -1.21. The molecule has 1 N–H and O–H groups in total. The van der Waals surface area contributed by atoms with E-state index >= 15 is 0 Å². The van der Waals surface area contributed by atoms with Crippen LogP contribution in [0.25, 0.3) is 11.3 Å². The van der Waals surface area contributed by atoms with Crippen LogP contribution >= 0.6 is 11.6 Å². The van der Waals surface area contributed by atoms with Gasteiger partial charge in [0.25, 0.3) is 0 Å². The number of nitrogens with zero attached hydrogens (tertiary/aromatic N) is 1. The topological polar surface area (TPSA) is 63.3 Å². The van der Waals surface area contributed by atoms with Gasteiger partial charge in [0.05, 0.1) is 5.02 Å². The van der Waals surface area contributed by atoms with Gasteiger partial charge in [-0.1, -0.05) is 28.9 Å². The van der Waals surface area contributed by atoms with Crippen LogP contribution in [0.15, 0.2) is 28.8 Å². The summed E-state index contributed by atoms with van der Waals surface area (Å²) in [5.74, 6) is -1.48. The summed E-state index contributed by atoms with van der Waals surface area (Å²) in [6.07, 6.45) is -1.12. The van der Waals surface area contributed by atoms with Gasteiger partial charge in [0.2, 0.25) is 5.76 Å². The van der Waals surface area contributed by atoms with Gasteiger partial charge in [0.1, 0.15) is 11.9 Å². The van der Waals surface area contributed by atoms with E-state index in [1.165, 1.54) is 19.1 Å². The van der Waals surface area contributed by atoms with E-state index in [1.54, 1.807) is 12.1 Å². The largest absolute Gasteiger partial charge is 0.475 e. The Kier molecular flexibility index (Phi) is 3.34. The van der Waals surface area contributed by atoms with E-state index in [1.807, 2.05) is 0 Å². The lowest BCUT2D eigenvalue weighted by molar-refractivity contribution is 0.0652. The van der Waals surface area contributed by atoms with Crippen molar-refractivity contribution in [3.8, 4) is 11.3 Å². The van der Waals surface area contributed by atoms with Crippen molar-refractivity contribution in [1.29, 1.82) is 0 Å². The van der Waals surface area contributed by atoms with Crippen molar-refractivity contribution in [2.75, 3.05) is 0 Å². The van der Waals surface area contributed by atoms with Crippen LogP contribution in [0.3, 0.4) is 0 Å². The molecule has 1 unspecified atom stereocenters. The van der Waals surface area contributed by atoms with Gasteiger partial charge in [-0.2, -0.15) is 0 Å². The summed E-state index contributed by atoms with van der Waals surface area (Å²) < 4.78 is 17.7.